The predicted molar refractivity (Wildman–Crippen MR) is 147 cm³/mol. The lowest BCUT2D eigenvalue weighted by atomic mass is 9.90. The Bertz CT molecular complexity index is 1400. The van der Waals surface area contributed by atoms with E-state index in [2.05, 4.69) is 38.8 Å². The van der Waals surface area contributed by atoms with Crippen LogP contribution in [0.3, 0.4) is 0 Å². The fourth-order valence-corrected chi connectivity index (χ4v) is 5.13. The van der Waals surface area contributed by atoms with E-state index in [0.717, 1.165) is 34.9 Å². The number of nitrogen functional groups attached to an aromatic ring is 1. The van der Waals surface area contributed by atoms with Crippen LogP contribution in [0.4, 0.5) is 5.69 Å². The minimum atomic E-state index is -0.333. The van der Waals surface area contributed by atoms with Gasteiger partial charge in [0.25, 0.3) is 0 Å². The van der Waals surface area contributed by atoms with Crippen LogP contribution < -0.4 is 28.9 Å². The van der Waals surface area contributed by atoms with E-state index in [1.165, 1.54) is 25.7 Å². The Labute approximate surface area is 233 Å². The van der Waals surface area contributed by atoms with Gasteiger partial charge in [0, 0.05) is 28.3 Å². The lowest BCUT2D eigenvalue weighted by Crippen LogP contribution is -3.00. The third-order valence-corrected chi connectivity index (χ3v) is 7.78. The van der Waals surface area contributed by atoms with Crippen molar-refractivity contribution in [3.8, 4) is 22.5 Å². The summed E-state index contributed by atoms with van der Waals surface area (Å²) in [6.07, 6.45) is 6.80. The van der Waals surface area contributed by atoms with Crippen molar-refractivity contribution >= 4 is 54.5 Å². The maximum Gasteiger partial charge on any atom is 0.338 e. The van der Waals surface area contributed by atoms with Crippen LogP contribution in [0.2, 0.25) is 0 Å². The molecule has 2 aliphatic rings. The second kappa shape index (κ2) is 12.7. The molecule has 36 heavy (non-hydrogen) atoms. The fraction of sp³-hybridized carbons (Fsp3) is 0.286. The van der Waals surface area contributed by atoms with Gasteiger partial charge in [-0.05, 0) is 68.1 Å². The fourth-order valence-electron chi connectivity index (χ4n) is 4.28. The second-order valence-corrected chi connectivity index (χ2v) is 10.2. The van der Waals surface area contributed by atoms with Crippen LogP contribution in [0, 0.1) is 0 Å². The van der Waals surface area contributed by atoms with E-state index in [-0.39, 0.29) is 18.4 Å². The van der Waals surface area contributed by atoms with Crippen molar-refractivity contribution in [2.45, 2.75) is 45.4 Å². The van der Waals surface area contributed by atoms with Gasteiger partial charge in [-0.15, -0.1) is 0 Å². The van der Waals surface area contributed by atoms with E-state index in [1.807, 2.05) is 42.5 Å². The van der Waals surface area contributed by atoms with E-state index in [0.29, 0.717) is 43.5 Å². The van der Waals surface area contributed by atoms with Crippen molar-refractivity contribution in [2.24, 2.45) is 0 Å². The van der Waals surface area contributed by atoms with Gasteiger partial charge in [0.15, 0.2) is 11.3 Å². The molecule has 1 aliphatic carbocycles. The van der Waals surface area contributed by atoms with Gasteiger partial charge in [0.2, 0.25) is 5.36 Å². The van der Waals surface area contributed by atoms with Crippen LogP contribution in [-0.2, 0) is 4.74 Å². The third kappa shape index (κ3) is 5.79. The maximum absolute atomic E-state index is 13.2. The molecule has 0 unspecified atom stereocenters. The first-order valence-corrected chi connectivity index (χ1v) is 13.5. The highest BCUT2D eigenvalue weighted by Gasteiger charge is 2.25. The zero-order valence-corrected chi connectivity index (χ0v) is 24.0. The Morgan fingerprint density at radius 1 is 0.944 bits per heavy atom. The summed E-state index contributed by atoms with van der Waals surface area (Å²) in [6.45, 7) is 2.61. The molecule has 2 aromatic carbocycles. The summed E-state index contributed by atoms with van der Waals surface area (Å²) >= 11 is 7.14. The minimum absolute atomic E-state index is 0. The summed E-state index contributed by atoms with van der Waals surface area (Å²) in [6, 6.07) is 15.0. The molecule has 4 N–H and O–H groups in total. The molecule has 1 heterocycles. The molecule has 0 radical (unpaired) electrons. The van der Waals surface area contributed by atoms with E-state index >= 15 is 0 Å². The van der Waals surface area contributed by atoms with E-state index in [1.54, 1.807) is 6.07 Å². The zero-order chi connectivity index (χ0) is 24.9. The largest absolute Gasteiger partial charge is 1.00 e. The van der Waals surface area contributed by atoms with Gasteiger partial charge in [-0.25, -0.2) is 4.79 Å². The number of halogens is 3. The van der Waals surface area contributed by atoms with Crippen LogP contribution in [-0.4, -0.2) is 12.6 Å². The minimum Gasteiger partial charge on any atom is -1.00 e. The summed E-state index contributed by atoms with van der Waals surface area (Å²) < 4.78 is 13.3. The van der Waals surface area contributed by atoms with E-state index in [4.69, 9.17) is 20.3 Å². The number of benzene rings is 3. The average Bonchev–Trinajstić information content (AvgIpc) is 2.87. The molecule has 0 spiro atoms. The second-order valence-electron chi connectivity index (χ2n) is 8.62. The topological polar surface area (TPSA) is 91.0 Å². The summed E-state index contributed by atoms with van der Waals surface area (Å²) in [5.74, 6) is 0.245. The molecule has 4 rings (SSSR count). The number of rotatable bonds is 9. The third-order valence-electron chi connectivity index (χ3n) is 6.14. The van der Waals surface area contributed by atoms with Crippen LogP contribution in [0.5, 0.6) is 0 Å². The average molecular weight is 637 g/mol. The van der Waals surface area contributed by atoms with E-state index in [9.17, 15) is 4.79 Å². The van der Waals surface area contributed by atoms with Gasteiger partial charge >= 0.3 is 5.97 Å². The number of ether oxygens (including phenoxy) is 1. The van der Waals surface area contributed by atoms with Crippen molar-refractivity contribution in [3.05, 3.63) is 68.4 Å². The van der Waals surface area contributed by atoms with Gasteiger partial charge in [0.1, 0.15) is 4.47 Å². The van der Waals surface area contributed by atoms with Gasteiger partial charge in [-0.1, -0.05) is 57.2 Å². The number of hydrogen-bond acceptors (Lipinski definition) is 4. The highest BCUT2D eigenvalue weighted by Crippen LogP contribution is 2.45. The van der Waals surface area contributed by atoms with Gasteiger partial charge < -0.3 is 27.3 Å². The summed E-state index contributed by atoms with van der Waals surface area (Å²) in [7, 11) is 0. The number of carbonyl (C=O) groups excluding carboxylic acids is 1. The number of unbranched alkanes of at least 4 members (excludes halogenated alkanes) is 5. The Kier molecular flexibility index (Phi) is 10.00. The van der Waals surface area contributed by atoms with Crippen molar-refractivity contribution in [1.29, 1.82) is 0 Å². The number of esters is 1. The first-order chi connectivity index (χ1) is 16.9. The highest BCUT2D eigenvalue weighted by atomic mass is 79.9. The summed E-state index contributed by atoms with van der Waals surface area (Å²) in [4.78, 5) is 13.2. The summed E-state index contributed by atoms with van der Waals surface area (Å²) in [5, 5.41) is 7.53. The van der Waals surface area contributed by atoms with Crippen LogP contribution in [0.15, 0.2) is 61.9 Å². The molecule has 0 aromatic heterocycles. The normalized spacial score (nSPS) is 11.0. The lowest BCUT2D eigenvalue weighted by molar-refractivity contribution is -0.173. The smallest absolute Gasteiger partial charge is 0.338 e. The Morgan fingerprint density at radius 2 is 1.67 bits per heavy atom. The maximum atomic E-state index is 13.2. The molecule has 0 atom stereocenters. The molecular weight excluding hydrogens is 608 g/mol. The summed E-state index contributed by atoms with van der Waals surface area (Å²) in [5.41, 5.74) is 10.2. The predicted octanol–water partition coefficient (Wildman–Crippen LogP) is 3.49. The van der Waals surface area contributed by atoms with Crippen molar-refractivity contribution in [3.63, 3.8) is 0 Å². The molecule has 0 fully saturated rings. The van der Waals surface area contributed by atoms with Gasteiger partial charge in [-0.3, -0.25) is 5.41 Å². The monoisotopic (exact) mass is 634 g/mol. The Morgan fingerprint density at radius 3 is 2.44 bits per heavy atom. The van der Waals surface area contributed by atoms with Crippen LogP contribution in [0.25, 0.3) is 33.4 Å². The molecule has 0 saturated heterocycles. The van der Waals surface area contributed by atoms with E-state index < -0.39 is 0 Å². The molecule has 2 aromatic rings. The van der Waals surface area contributed by atoms with Crippen molar-refractivity contribution in [2.75, 3.05) is 12.3 Å². The number of hydrogen-bond donors (Lipinski definition) is 2. The van der Waals surface area contributed by atoms with Crippen molar-refractivity contribution in [1.82, 2.24) is 0 Å². The molecular formula is C28H29Br2ClN2O3. The molecule has 8 heteroatoms. The quantitative estimate of drug-likeness (QED) is 0.127. The van der Waals surface area contributed by atoms with Gasteiger partial charge in [-0.2, -0.15) is 0 Å². The molecule has 5 nitrogen and oxygen atoms in total. The molecule has 1 aliphatic heterocycles. The molecule has 190 valence electrons. The Hall–Kier alpha value is -2.35. The standard InChI is InChI=1S/C28H28Br2N2O3.ClH/c1-2-3-4-5-6-9-16-34-28(33)18-11-8-7-10-17(18)23-19-12-14-21(31)24(29)26(19)35-27-20(23)13-15-22(32)25(27)30;/h7-8,10-15,31H,2-6,9,16,32H2,1H3;1H. The molecule has 0 amide bonds. The molecule has 0 bridgehead atoms. The van der Waals surface area contributed by atoms with Crippen LogP contribution >= 0.6 is 31.9 Å². The highest BCUT2D eigenvalue weighted by molar-refractivity contribution is 9.11. The lowest BCUT2D eigenvalue weighted by Gasteiger charge is -2.19. The first kappa shape index (κ1) is 28.2. The first-order valence-electron chi connectivity index (χ1n) is 11.9. The van der Waals surface area contributed by atoms with Crippen molar-refractivity contribution < 1.29 is 31.8 Å². The number of nitrogens with two attached hydrogens (primary N) is 2. The number of fused-ring (bicyclic) bond motifs is 2. The Balaban J connectivity index is 0.00000361. The number of anilines is 1. The zero-order valence-electron chi connectivity index (χ0n) is 20.1. The molecule has 0 saturated carbocycles. The number of carbonyl (C=O) groups is 1. The SMILES string of the molecule is CCCCCCCCOC(=O)c1ccccc1-c1c2ccc(=[NH2+])c(Br)c-2oc2c(Br)c(N)ccc12.[Cl-]. The van der Waals surface area contributed by atoms with Gasteiger partial charge in [0.05, 0.1) is 16.6 Å². The van der Waals surface area contributed by atoms with Crippen LogP contribution in [0.1, 0.15) is 55.8 Å².